The van der Waals surface area contributed by atoms with Gasteiger partial charge in [-0.25, -0.2) is 8.42 Å². The van der Waals surface area contributed by atoms with Crippen molar-refractivity contribution in [3.8, 4) is 0 Å². The monoisotopic (exact) mass is 320 g/mol. The van der Waals surface area contributed by atoms with Crippen molar-refractivity contribution in [3.05, 3.63) is 42.5 Å². The van der Waals surface area contributed by atoms with Crippen LogP contribution in [0.15, 0.2) is 47.4 Å². The van der Waals surface area contributed by atoms with E-state index in [2.05, 4.69) is 6.58 Å². The van der Waals surface area contributed by atoms with Gasteiger partial charge in [-0.2, -0.15) is 0 Å². The van der Waals surface area contributed by atoms with Crippen LogP contribution in [0.25, 0.3) is 0 Å². The summed E-state index contributed by atoms with van der Waals surface area (Å²) in [5.74, 6) is 0.457. The molecule has 0 bridgehead atoms. The van der Waals surface area contributed by atoms with Gasteiger partial charge in [-0.15, -0.1) is 0 Å². The van der Waals surface area contributed by atoms with Crippen LogP contribution in [-0.4, -0.2) is 20.0 Å². The first kappa shape index (κ1) is 16.9. The predicted molar refractivity (Wildman–Crippen MR) is 88.4 cm³/mol. The quantitative estimate of drug-likeness (QED) is 0.775. The van der Waals surface area contributed by atoms with Crippen molar-refractivity contribution in [2.75, 3.05) is 5.75 Å². The van der Waals surface area contributed by atoms with E-state index in [-0.39, 0.29) is 17.5 Å². The third-order valence-electron chi connectivity index (χ3n) is 4.87. The Morgan fingerprint density at radius 1 is 1.32 bits per heavy atom. The number of carbonyl (C=O) groups excluding carboxylic acids is 1. The van der Waals surface area contributed by atoms with E-state index >= 15 is 0 Å². The summed E-state index contributed by atoms with van der Waals surface area (Å²) in [4.78, 5) is 12.8. The summed E-state index contributed by atoms with van der Waals surface area (Å²) in [7, 11) is -3.32. The number of benzene rings is 1. The van der Waals surface area contributed by atoms with Crippen LogP contribution in [0, 0.1) is 11.3 Å². The van der Waals surface area contributed by atoms with Crippen LogP contribution in [0.2, 0.25) is 0 Å². The number of sulfone groups is 1. The minimum atomic E-state index is -3.32. The van der Waals surface area contributed by atoms with Gasteiger partial charge in [-0.1, -0.05) is 37.3 Å². The van der Waals surface area contributed by atoms with E-state index in [1.165, 1.54) is 0 Å². The summed E-state index contributed by atoms with van der Waals surface area (Å²) in [6.07, 6.45) is 2.56. The van der Waals surface area contributed by atoms with Crippen LogP contribution in [0.4, 0.5) is 0 Å². The third kappa shape index (κ3) is 3.67. The van der Waals surface area contributed by atoms with Crippen LogP contribution >= 0.6 is 0 Å². The molecule has 0 N–H and O–H groups in total. The normalized spacial score (nSPS) is 25.9. The minimum absolute atomic E-state index is 0.0248. The molecule has 0 saturated heterocycles. The summed E-state index contributed by atoms with van der Waals surface area (Å²) in [5, 5.41) is 0. The molecule has 1 fully saturated rings. The Balaban J connectivity index is 2.05. The Bertz CT molecular complexity index is 661. The number of Topliss-reactive ketones (excluding diaryl/α,β-unsaturated/α-hetero) is 1. The molecule has 0 unspecified atom stereocenters. The average molecular weight is 320 g/mol. The first-order valence-electron chi connectivity index (χ1n) is 7.71. The van der Waals surface area contributed by atoms with E-state index in [0.717, 1.165) is 18.4 Å². The fraction of sp³-hybridized carbons (Fsp3) is 0.500. The van der Waals surface area contributed by atoms with Crippen LogP contribution in [0.1, 0.15) is 39.5 Å². The second kappa shape index (κ2) is 6.37. The number of hydrogen-bond donors (Lipinski definition) is 0. The lowest BCUT2D eigenvalue weighted by Gasteiger charge is -2.36. The van der Waals surface area contributed by atoms with Gasteiger partial charge in [0.15, 0.2) is 9.84 Å². The average Bonchev–Trinajstić information content (AvgIpc) is 2.49. The zero-order valence-electron chi connectivity index (χ0n) is 13.3. The number of allylic oxidation sites excluding steroid dienone is 1. The molecule has 3 nitrogen and oxygen atoms in total. The highest BCUT2D eigenvalue weighted by Gasteiger charge is 2.39. The summed E-state index contributed by atoms with van der Waals surface area (Å²) in [6, 6.07) is 8.45. The molecule has 0 radical (unpaired) electrons. The van der Waals surface area contributed by atoms with E-state index < -0.39 is 15.3 Å². The Kier molecular flexibility index (Phi) is 4.90. The van der Waals surface area contributed by atoms with Gasteiger partial charge in [0.1, 0.15) is 5.78 Å². The highest BCUT2D eigenvalue weighted by molar-refractivity contribution is 7.91. The first-order chi connectivity index (χ1) is 10.2. The fourth-order valence-corrected chi connectivity index (χ4v) is 4.52. The van der Waals surface area contributed by atoms with Crippen LogP contribution < -0.4 is 0 Å². The van der Waals surface area contributed by atoms with Crippen molar-refractivity contribution in [2.45, 2.75) is 44.4 Å². The maximum Gasteiger partial charge on any atom is 0.178 e. The Morgan fingerprint density at radius 2 is 1.95 bits per heavy atom. The molecule has 1 saturated carbocycles. The van der Waals surface area contributed by atoms with Gasteiger partial charge in [-0.3, -0.25) is 4.79 Å². The third-order valence-corrected chi connectivity index (χ3v) is 6.60. The first-order valence-corrected chi connectivity index (χ1v) is 9.36. The molecule has 0 heterocycles. The lowest BCUT2D eigenvalue weighted by molar-refractivity contribution is -0.131. The molecule has 2 atom stereocenters. The molecule has 0 aromatic heterocycles. The molecule has 120 valence electrons. The van der Waals surface area contributed by atoms with E-state index in [0.29, 0.717) is 17.7 Å². The second-order valence-corrected chi connectivity index (χ2v) is 8.76. The van der Waals surface area contributed by atoms with Gasteiger partial charge in [-0.05, 0) is 44.2 Å². The lowest BCUT2D eigenvalue weighted by Crippen LogP contribution is -2.36. The molecule has 1 aliphatic rings. The number of hydrogen-bond acceptors (Lipinski definition) is 3. The zero-order chi connectivity index (χ0) is 16.4. The highest BCUT2D eigenvalue weighted by Crippen LogP contribution is 2.41. The highest BCUT2D eigenvalue weighted by atomic mass is 32.2. The Hall–Kier alpha value is -1.42. The van der Waals surface area contributed by atoms with Gasteiger partial charge in [0, 0.05) is 11.8 Å². The van der Waals surface area contributed by atoms with E-state index in [1.807, 2.05) is 13.8 Å². The van der Waals surface area contributed by atoms with Crippen molar-refractivity contribution in [3.63, 3.8) is 0 Å². The van der Waals surface area contributed by atoms with Crippen molar-refractivity contribution in [1.82, 2.24) is 0 Å². The van der Waals surface area contributed by atoms with E-state index in [1.54, 1.807) is 30.3 Å². The van der Waals surface area contributed by atoms with Crippen LogP contribution in [0.5, 0.6) is 0 Å². The van der Waals surface area contributed by atoms with Gasteiger partial charge < -0.3 is 0 Å². The molecule has 2 rings (SSSR count). The molecule has 1 aromatic rings. The van der Waals surface area contributed by atoms with Gasteiger partial charge in [0.25, 0.3) is 0 Å². The molecule has 4 heteroatoms. The number of ketones is 1. The molecule has 0 aliphatic heterocycles. The maximum absolute atomic E-state index is 12.4. The summed E-state index contributed by atoms with van der Waals surface area (Å²) in [6.45, 7) is 7.80. The fourth-order valence-electron chi connectivity index (χ4n) is 2.99. The van der Waals surface area contributed by atoms with Crippen molar-refractivity contribution < 1.29 is 13.2 Å². The van der Waals surface area contributed by atoms with Gasteiger partial charge >= 0.3 is 0 Å². The molecule has 1 aromatic carbocycles. The van der Waals surface area contributed by atoms with Crippen LogP contribution in [-0.2, 0) is 14.6 Å². The molecule has 0 spiro atoms. The molecule has 1 aliphatic carbocycles. The van der Waals surface area contributed by atoms with Crippen molar-refractivity contribution in [1.29, 1.82) is 0 Å². The summed E-state index contributed by atoms with van der Waals surface area (Å²) < 4.78 is 24.7. The lowest BCUT2D eigenvalue weighted by atomic mass is 9.68. The topological polar surface area (TPSA) is 51.2 Å². The summed E-state index contributed by atoms with van der Waals surface area (Å²) in [5.41, 5.74) is 0.528. The smallest absolute Gasteiger partial charge is 0.178 e. The van der Waals surface area contributed by atoms with Crippen molar-refractivity contribution >= 4 is 15.6 Å². The summed E-state index contributed by atoms with van der Waals surface area (Å²) >= 11 is 0. The minimum Gasteiger partial charge on any atom is -0.299 e. The van der Waals surface area contributed by atoms with Crippen molar-refractivity contribution in [2.24, 2.45) is 11.3 Å². The van der Waals surface area contributed by atoms with E-state index in [4.69, 9.17) is 0 Å². The SMILES string of the molecule is C=C(C)[C@@H]1CC[C@](C)(CCS(=O)(=O)c2ccccc2)C(=O)C1. The van der Waals surface area contributed by atoms with Crippen LogP contribution in [0.3, 0.4) is 0 Å². The standard InChI is InChI=1S/C18H24O3S/c1-14(2)15-9-10-18(3,17(19)13-15)11-12-22(20,21)16-7-5-4-6-8-16/h4-8,15H,1,9-13H2,2-3H3/t15-,18-/m1/s1. The molecular formula is C18H24O3S. The number of rotatable bonds is 5. The largest absolute Gasteiger partial charge is 0.299 e. The second-order valence-electron chi connectivity index (χ2n) is 6.65. The number of carbonyl (C=O) groups is 1. The van der Waals surface area contributed by atoms with Gasteiger partial charge in [0.05, 0.1) is 10.6 Å². The molecular weight excluding hydrogens is 296 g/mol. The predicted octanol–water partition coefficient (Wildman–Crippen LogP) is 3.80. The van der Waals surface area contributed by atoms with E-state index in [9.17, 15) is 13.2 Å². The Labute approximate surface area is 133 Å². The Morgan fingerprint density at radius 3 is 2.50 bits per heavy atom. The molecule has 0 amide bonds. The zero-order valence-corrected chi connectivity index (χ0v) is 14.2. The maximum atomic E-state index is 12.4. The van der Waals surface area contributed by atoms with Gasteiger partial charge in [0.2, 0.25) is 0 Å². The molecule has 22 heavy (non-hydrogen) atoms.